The Morgan fingerprint density at radius 2 is 1.73 bits per heavy atom. The van der Waals surface area contributed by atoms with Crippen molar-refractivity contribution in [3.63, 3.8) is 0 Å². The van der Waals surface area contributed by atoms with Gasteiger partial charge in [0.2, 0.25) is 0 Å². The van der Waals surface area contributed by atoms with Gasteiger partial charge in [-0.15, -0.1) is 0 Å². The van der Waals surface area contributed by atoms with Gasteiger partial charge in [0.25, 0.3) is 5.91 Å². The first kappa shape index (κ1) is 16.2. The third-order valence-electron chi connectivity index (χ3n) is 4.62. The van der Waals surface area contributed by atoms with Crippen LogP contribution < -0.4 is 5.32 Å². The molecular weight excluding hydrogens is 322 g/mol. The molecule has 26 heavy (non-hydrogen) atoms. The number of carbonyl (C=O) groups excluding carboxylic acids is 1. The second-order valence-electron chi connectivity index (χ2n) is 6.63. The molecule has 0 radical (unpaired) electrons. The number of aromatic hydroxyl groups is 1. The van der Waals surface area contributed by atoms with E-state index in [1.807, 2.05) is 61.5 Å². The standard InChI is InChI=1S/C23H19NO2/c1-15-3-2-4-21(11-15)24-23(26)20-13-18-6-5-17(12-19(18)14-20)16-7-9-22(25)10-8-16/h2-13,25H,14H2,1H3,(H,24,26). The predicted molar refractivity (Wildman–Crippen MR) is 105 cm³/mol. The summed E-state index contributed by atoms with van der Waals surface area (Å²) in [5.74, 6) is 0.199. The fourth-order valence-corrected chi connectivity index (χ4v) is 3.26. The Balaban J connectivity index is 1.52. The van der Waals surface area contributed by atoms with Crippen LogP contribution in [0.1, 0.15) is 16.7 Å². The van der Waals surface area contributed by atoms with Crippen molar-refractivity contribution in [1.82, 2.24) is 0 Å². The van der Waals surface area contributed by atoms with E-state index in [2.05, 4.69) is 11.4 Å². The molecule has 3 aromatic rings. The molecular formula is C23H19NO2. The van der Waals surface area contributed by atoms with Crippen molar-refractivity contribution in [2.45, 2.75) is 13.3 Å². The summed E-state index contributed by atoms with van der Waals surface area (Å²) < 4.78 is 0. The van der Waals surface area contributed by atoms with Crippen molar-refractivity contribution >= 4 is 17.7 Å². The lowest BCUT2D eigenvalue weighted by Gasteiger charge is -2.07. The zero-order valence-corrected chi connectivity index (χ0v) is 14.5. The van der Waals surface area contributed by atoms with Gasteiger partial charge in [-0.25, -0.2) is 0 Å². The van der Waals surface area contributed by atoms with E-state index in [-0.39, 0.29) is 11.7 Å². The number of benzene rings is 3. The van der Waals surface area contributed by atoms with Crippen molar-refractivity contribution in [2.75, 3.05) is 5.32 Å². The van der Waals surface area contributed by atoms with Crippen LogP contribution in [0.2, 0.25) is 0 Å². The Labute approximate surface area is 152 Å². The van der Waals surface area contributed by atoms with E-state index in [1.165, 1.54) is 0 Å². The lowest BCUT2D eigenvalue weighted by atomic mass is 10.00. The summed E-state index contributed by atoms with van der Waals surface area (Å²) in [6.45, 7) is 2.01. The zero-order valence-electron chi connectivity index (χ0n) is 14.5. The number of phenols is 1. The van der Waals surface area contributed by atoms with Crippen LogP contribution in [0.3, 0.4) is 0 Å². The minimum atomic E-state index is -0.0574. The second kappa shape index (κ2) is 6.52. The molecule has 0 heterocycles. The van der Waals surface area contributed by atoms with E-state index < -0.39 is 0 Å². The number of nitrogens with one attached hydrogen (secondary N) is 1. The van der Waals surface area contributed by atoms with Crippen molar-refractivity contribution in [1.29, 1.82) is 0 Å². The quantitative estimate of drug-likeness (QED) is 0.708. The van der Waals surface area contributed by atoms with Gasteiger partial charge >= 0.3 is 0 Å². The Morgan fingerprint density at radius 3 is 2.50 bits per heavy atom. The van der Waals surface area contributed by atoms with E-state index in [4.69, 9.17) is 0 Å². The van der Waals surface area contributed by atoms with Gasteiger partial charge in [0.15, 0.2) is 0 Å². The average Bonchev–Trinajstić information content (AvgIpc) is 3.06. The van der Waals surface area contributed by atoms with Gasteiger partial charge in [-0.2, -0.15) is 0 Å². The lowest BCUT2D eigenvalue weighted by molar-refractivity contribution is -0.112. The van der Waals surface area contributed by atoms with Crippen LogP contribution in [0.5, 0.6) is 5.75 Å². The summed E-state index contributed by atoms with van der Waals surface area (Å²) in [7, 11) is 0. The number of hydrogen-bond donors (Lipinski definition) is 2. The van der Waals surface area contributed by atoms with E-state index in [0.29, 0.717) is 6.42 Å². The maximum atomic E-state index is 12.6. The molecule has 3 heteroatoms. The van der Waals surface area contributed by atoms with E-state index in [9.17, 15) is 9.90 Å². The molecule has 2 N–H and O–H groups in total. The van der Waals surface area contributed by atoms with Gasteiger partial charge in [-0.3, -0.25) is 4.79 Å². The SMILES string of the molecule is Cc1cccc(NC(=O)C2=Cc3ccc(-c4ccc(O)cc4)cc3C2)c1. The van der Waals surface area contributed by atoms with Crippen molar-refractivity contribution < 1.29 is 9.90 Å². The van der Waals surface area contributed by atoms with Crippen molar-refractivity contribution in [2.24, 2.45) is 0 Å². The van der Waals surface area contributed by atoms with Crippen LogP contribution in [0.15, 0.2) is 72.3 Å². The normalized spacial score (nSPS) is 12.4. The van der Waals surface area contributed by atoms with E-state index in [1.54, 1.807) is 12.1 Å². The number of rotatable bonds is 3. The van der Waals surface area contributed by atoms with Crippen LogP contribution >= 0.6 is 0 Å². The first-order valence-corrected chi connectivity index (χ1v) is 8.59. The third kappa shape index (κ3) is 3.24. The minimum absolute atomic E-state index is 0.0574. The maximum Gasteiger partial charge on any atom is 0.251 e. The predicted octanol–water partition coefficient (Wildman–Crippen LogP) is 4.95. The maximum absolute atomic E-state index is 12.6. The second-order valence-corrected chi connectivity index (χ2v) is 6.63. The van der Waals surface area contributed by atoms with Gasteiger partial charge in [-0.1, -0.05) is 42.5 Å². The number of carbonyl (C=O) groups is 1. The number of hydrogen-bond acceptors (Lipinski definition) is 2. The van der Waals surface area contributed by atoms with Crippen molar-refractivity contribution in [3.8, 4) is 16.9 Å². The van der Waals surface area contributed by atoms with Gasteiger partial charge in [0, 0.05) is 17.7 Å². The third-order valence-corrected chi connectivity index (χ3v) is 4.62. The summed E-state index contributed by atoms with van der Waals surface area (Å²) in [5.41, 5.74) is 7.05. The largest absolute Gasteiger partial charge is 0.508 e. The fourth-order valence-electron chi connectivity index (χ4n) is 3.26. The highest BCUT2D eigenvalue weighted by Crippen LogP contribution is 2.31. The zero-order chi connectivity index (χ0) is 18.1. The summed E-state index contributed by atoms with van der Waals surface area (Å²) >= 11 is 0. The highest BCUT2D eigenvalue weighted by molar-refractivity contribution is 6.08. The Kier molecular flexibility index (Phi) is 4.05. The number of fused-ring (bicyclic) bond motifs is 1. The molecule has 1 aliphatic carbocycles. The van der Waals surface area contributed by atoms with E-state index >= 15 is 0 Å². The van der Waals surface area contributed by atoms with Crippen LogP contribution in [-0.4, -0.2) is 11.0 Å². The van der Waals surface area contributed by atoms with Gasteiger partial charge in [0.1, 0.15) is 5.75 Å². The van der Waals surface area contributed by atoms with Gasteiger partial charge in [-0.05, 0) is 65.1 Å². The summed E-state index contributed by atoms with van der Waals surface area (Å²) in [4.78, 5) is 12.6. The molecule has 0 unspecified atom stereocenters. The topological polar surface area (TPSA) is 49.3 Å². The molecule has 0 saturated carbocycles. The lowest BCUT2D eigenvalue weighted by Crippen LogP contribution is -2.14. The molecule has 128 valence electrons. The van der Waals surface area contributed by atoms with Crippen LogP contribution in [0, 0.1) is 6.92 Å². The number of anilines is 1. The molecule has 0 bridgehead atoms. The smallest absolute Gasteiger partial charge is 0.251 e. The number of amides is 1. The summed E-state index contributed by atoms with van der Waals surface area (Å²) in [6.07, 6.45) is 2.58. The fraction of sp³-hybridized carbons (Fsp3) is 0.0870. The van der Waals surface area contributed by atoms with Crippen molar-refractivity contribution in [3.05, 3.63) is 89.0 Å². The molecule has 0 fully saturated rings. The number of phenolic OH excluding ortho intramolecular Hbond substituents is 1. The minimum Gasteiger partial charge on any atom is -0.508 e. The average molecular weight is 341 g/mol. The van der Waals surface area contributed by atoms with Gasteiger partial charge < -0.3 is 10.4 Å². The Morgan fingerprint density at radius 1 is 0.962 bits per heavy atom. The first-order valence-electron chi connectivity index (χ1n) is 8.59. The molecule has 3 nitrogen and oxygen atoms in total. The molecule has 0 spiro atoms. The Hall–Kier alpha value is -3.33. The molecule has 0 saturated heterocycles. The molecule has 1 amide bonds. The highest BCUT2D eigenvalue weighted by atomic mass is 16.3. The molecule has 4 rings (SSSR count). The molecule has 0 atom stereocenters. The van der Waals surface area contributed by atoms with Crippen LogP contribution in [0.25, 0.3) is 17.2 Å². The molecule has 1 aliphatic rings. The Bertz CT molecular complexity index is 1020. The molecule has 3 aromatic carbocycles. The van der Waals surface area contributed by atoms with E-state index in [0.717, 1.165) is 39.1 Å². The van der Waals surface area contributed by atoms with Gasteiger partial charge in [0.05, 0.1) is 0 Å². The number of aryl methyl sites for hydroxylation is 1. The monoisotopic (exact) mass is 341 g/mol. The summed E-state index contributed by atoms with van der Waals surface area (Å²) in [6, 6.07) is 21.2. The summed E-state index contributed by atoms with van der Waals surface area (Å²) in [5, 5.41) is 12.4. The van der Waals surface area contributed by atoms with Crippen LogP contribution in [0.4, 0.5) is 5.69 Å². The van der Waals surface area contributed by atoms with Crippen LogP contribution in [-0.2, 0) is 11.2 Å². The molecule has 0 aromatic heterocycles. The first-order chi connectivity index (χ1) is 12.6. The molecule has 0 aliphatic heterocycles. The highest BCUT2D eigenvalue weighted by Gasteiger charge is 2.19.